The van der Waals surface area contributed by atoms with Crippen molar-refractivity contribution in [2.45, 2.75) is 6.92 Å². The summed E-state index contributed by atoms with van der Waals surface area (Å²) in [6.07, 6.45) is 0. The third kappa shape index (κ3) is 3.62. The number of aromatic carboxylic acids is 1. The molecule has 21 heavy (non-hydrogen) atoms. The van der Waals surface area contributed by atoms with Crippen LogP contribution in [0.4, 0.5) is 5.69 Å². The second-order valence-corrected chi connectivity index (χ2v) is 5.70. The molecule has 0 atom stereocenters. The molecule has 0 aliphatic carbocycles. The molecule has 0 spiro atoms. The molecule has 2 aromatic rings. The van der Waals surface area contributed by atoms with Crippen LogP contribution in [0.5, 0.6) is 0 Å². The number of aryl methyl sites for hydroxylation is 1. The number of rotatable bonds is 3. The zero-order valence-corrected chi connectivity index (χ0v) is 13.3. The molecule has 0 aromatic heterocycles. The number of hydrogen-bond donors (Lipinski definition) is 2. The Labute approximate surface area is 134 Å². The van der Waals surface area contributed by atoms with Gasteiger partial charge in [0.15, 0.2) is 0 Å². The largest absolute Gasteiger partial charge is 0.478 e. The standard InChI is InChI=1S/C15H11BrClNO3/c1-8-2-4-10(12(17)6-8)14(19)18-13-7-9(15(20)21)3-5-11(13)16/h2-7H,1H3,(H,18,19)(H,20,21). The molecule has 2 aromatic carbocycles. The minimum atomic E-state index is -1.06. The van der Waals surface area contributed by atoms with Crippen molar-refractivity contribution in [1.82, 2.24) is 0 Å². The van der Waals surface area contributed by atoms with Gasteiger partial charge in [0, 0.05) is 4.47 Å². The first-order valence-corrected chi connectivity index (χ1v) is 7.16. The minimum Gasteiger partial charge on any atom is -0.478 e. The third-order valence-electron chi connectivity index (χ3n) is 2.83. The van der Waals surface area contributed by atoms with Crippen molar-refractivity contribution in [3.63, 3.8) is 0 Å². The lowest BCUT2D eigenvalue weighted by molar-refractivity contribution is 0.0696. The van der Waals surface area contributed by atoms with Gasteiger partial charge in [-0.3, -0.25) is 4.79 Å². The SMILES string of the molecule is Cc1ccc(C(=O)Nc2cc(C(=O)O)ccc2Br)c(Cl)c1. The maximum Gasteiger partial charge on any atom is 0.335 e. The second-order valence-electron chi connectivity index (χ2n) is 4.44. The molecule has 0 saturated carbocycles. The minimum absolute atomic E-state index is 0.0866. The summed E-state index contributed by atoms with van der Waals surface area (Å²) in [5, 5.41) is 12.0. The van der Waals surface area contributed by atoms with Crippen LogP contribution in [-0.2, 0) is 0 Å². The number of amides is 1. The quantitative estimate of drug-likeness (QED) is 0.846. The fraction of sp³-hybridized carbons (Fsp3) is 0.0667. The van der Waals surface area contributed by atoms with E-state index in [1.807, 2.05) is 6.92 Å². The van der Waals surface area contributed by atoms with Gasteiger partial charge in [-0.05, 0) is 58.7 Å². The number of hydrogen-bond acceptors (Lipinski definition) is 2. The first kappa shape index (κ1) is 15.5. The molecular formula is C15H11BrClNO3. The monoisotopic (exact) mass is 367 g/mol. The summed E-state index contributed by atoms with van der Waals surface area (Å²) >= 11 is 9.32. The third-order valence-corrected chi connectivity index (χ3v) is 3.83. The van der Waals surface area contributed by atoms with Gasteiger partial charge in [0.05, 0.1) is 21.8 Å². The predicted octanol–water partition coefficient (Wildman–Crippen LogP) is 4.36. The summed E-state index contributed by atoms with van der Waals surface area (Å²) < 4.78 is 0.587. The molecule has 2 rings (SSSR count). The smallest absolute Gasteiger partial charge is 0.335 e. The average molecular weight is 369 g/mol. The van der Waals surface area contributed by atoms with Gasteiger partial charge >= 0.3 is 5.97 Å². The van der Waals surface area contributed by atoms with Crippen LogP contribution in [0.15, 0.2) is 40.9 Å². The fourth-order valence-electron chi connectivity index (χ4n) is 1.75. The Morgan fingerprint density at radius 1 is 1.19 bits per heavy atom. The van der Waals surface area contributed by atoms with E-state index in [0.717, 1.165) is 5.56 Å². The summed E-state index contributed by atoms with van der Waals surface area (Å²) in [6, 6.07) is 9.49. The molecule has 1 amide bonds. The Hall–Kier alpha value is -1.85. The van der Waals surface area contributed by atoms with E-state index >= 15 is 0 Å². The lowest BCUT2D eigenvalue weighted by Gasteiger charge is -2.10. The van der Waals surface area contributed by atoms with Gasteiger partial charge in [0.25, 0.3) is 5.91 Å². The lowest BCUT2D eigenvalue weighted by Crippen LogP contribution is -2.13. The van der Waals surface area contributed by atoms with Crippen LogP contribution < -0.4 is 5.32 Å². The first-order chi connectivity index (χ1) is 9.88. The molecule has 0 aliphatic heterocycles. The molecule has 0 fully saturated rings. The van der Waals surface area contributed by atoms with E-state index in [4.69, 9.17) is 16.7 Å². The number of carbonyl (C=O) groups excluding carboxylic acids is 1. The van der Waals surface area contributed by atoms with Crippen molar-refractivity contribution in [3.05, 3.63) is 62.6 Å². The zero-order valence-electron chi connectivity index (χ0n) is 11.0. The Kier molecular flexibility index (Phi) is 4.65. The molecule has 2 N–H and O–H groups in total. The number of carboxylic acids is 1. The van der Waals surface area contributed by atoms with Crippen LogP contribution in [0.25, 0.3) is 0 Å². The van der Waals surface area contributed by atoms with E-state index in [0.29, 0.717) is 20.7 Å². The Morgan fingerprint density at radius 2 is 1.90 bits per heavy atom. The van der Waals surface area contributed by atoms with Gasteiger partial charge in [-0.1, -0.05) is 17.7 Å². The number of halogens is 2. The van der Waals surface area contributed by atoms with Crippen LogP contribution in [0, 0.1) is 6.92 Å². The van der Waals surface area contributed by atoms with Gasteiger partial charge in [-0.25, -0.2) is 4.79 Å². The van der Waals surface area contributed by atoms with E-state index in [9.17, 15) is 9.59 Å². The summed E-state index contributed by atoms with van der Waals surface area (Å²) in [6.45, 7) is 1.88. The lowest BCUT2D eigenvalue weighted by atomic mass is 10.1. The molecule has 108 valence electrons. The first-order valence-electron chi connectivity index (χ1n) is 5.99. The summed E-state index contributed by atoms with van der Waals surface area (Å²) in [4.78, 5) is 23.2. The highest BCUT2D eigenvalue weighted by atomic mass is 79.9. The van der Waals surface area contributed by atoms with E-state index in [1.165, 1.54) is 12.1 Å². The van der Waals surface area contributed by atoms with Crippen molar-refractivity contribution in [3.8, 4) is 0 Å². The van der Waals surface area contributed by atoms with Crippen molar-refractivity contribution in [2.75, 3.05) is 5.32 Å². The van der Waals surface area contributed by atoms with Crippen molar-refractivity contribution >= 4 is 45.1 Å². The summed E-state index contributed by atoms with van der Waals surface area (Å²) in [5.74, 6) is -1.46. The summed E-state index contributed by atoms with van der Waals surface area (Å²) in [5.41, 5.74) is 1.74. The number of carboxylic acid groups (broad SMARTS) is 1. The molecular weight excluding hydrogens is 358 g/mol. The van der Waals surface area contributed by atoms with Gasteiger partial charge < -0.3 is 10.4 Å². The highest BCUT2D eigenvalue weighted by Crippen LogP contribution is 2.25. The average Bonchev–Trinajstić information content (AvgIpc) is 2.40. The molecule has 4 nitrogen and oxygen atoms in total. The number of nitrogens with one attached hydrogen (secondary N) is 1. The molecule has 0 heterocycles. The maximum atomic E-state index is 12.2. The fourth-order valence-corrected chi connectivity index (χ4v) is 2.41. The van der Waals surface area contributed by atoms with Crippen molar-refractivity contribution < 1.29 is 14.7 Å². The number of benzene rings is 2. The molecule has 0 saturated heterocycles. The highest BCUT2D eigenvalue weighted by Gasteiger charge is 2.13. The van der Waals surface area contributed by atoms with Gasteiger partial charge in [-0.15, -0.1) is 0 Å². The highest BCUT2D eigenvalue weighted by molar-refractivity contribution is 9.10. The van der Waals surface area contributed by atoms with Crippen molar-refractivity contribution in [2.24, 2.45) is 0 Å². The van der Waals surface area contributed by atoms with Crippen LogP contribution in [0.2, 0.25) is 5.02 Å². The predicted molar refractivity (Wildman–Crippen MR) is 85.2 cm³/mol. The second kappa shape index (κ2) is 6.28. The van der Waals surface area contributed by atoms with E-state index in [-0.39, 0.29) is 5.56 Å². The van der Waals surface area contributed by atoms with Crippen molar-refractivity contribution in [1.29, 1.82) is 0 Å². The molecule has 0 radical (unpaired) electrons. The van der Waals surface area contributed by atoms with Crippen LogP contribution >= 0.6 is 27.5 Å². The van der Waals surface area contributed by atoms with E-state index < -0.39 is 11.9 Å². The molecule has 6 heteroatoms. The van der Waals surface area contributed by atoms with Gasteiger partial charge in [0.1, 0.15) is 0 Å². The number of carbonyl (C=O) groups is 2. The Bertz CT molecular complexity index is 731. The van der Waals surface area contributed by atoms with Gasteiger partial charge in [-0.2, -0.15) is 0 Å². The molecule has 0 aliphatic rings. The normalized spacial score (nSPS) is 10.2. The van der Waals surface area contributed by atoms with Crippen LogP contribution in [0.3, 0.4) is 0 Å². The van der Waals surface area contributed by atoms with Crippen LogP contribution in [0.1, 0.15) is 26.3 Å². The summed E-state index contributed by atoms with van der Waals surface area (Å²) in [7, 11) is 0. The zero-order chi connectivity index (χ0) is 15.6. The van der Waals surface area contributed by atoms with E-state index in [2.05, 4.69) is 21.2 Å². The Balaban J connectivity index is 2.31. The maximum absolute atomic E-state index is 12.2. The van der Waals surface area contributed by atoms with E-state index in [1.54, 1.807) is 24.3 Å². The topological polar surface area (TPSA) is 66.4 Å². The molecule has 0 bridgehead atoms. The van der Waals surface area contributed by atoms with Crippen LogP contribution in [-0.4, -0.2) is 17.0 Å². The van der Waals surface area contributed by atoms with Gasteiger partial charge in [0.2, 0.25) is 0 Å². The Morgan fingerprint density at radius 3 is 2.52 bits per heavy atom. The molecule has 0 unspecified atom stereocenters. The number of anilines is 1.